The molecule has 2 aromatic rings. The fourth-order valence-corrected chi connectivity index (χ4v) is 2.40. The fraction of sp³-hybridized carbons (Fsp3) is 0.235. The van der Waals surface area contributed by atoms with Crippen molar-refractivity contribution in [1.82, 2.24) is 0 Å². The van der Waals surface area contributed by atoms with Crippen LogP contribution in [0, 0.1) is 0 Å². The van der Waals surface area contributed by atoms with Gasteiger partial charge in [0.15, 0.2) is 0 Å². The number of hydrogen-bond acceptors (Lipinski definition) is 2. The highest BCUT2D eigenvalue weighted by atomic mass is 16.3. The van der Waals surface area contributed by atoms with E-state index in [1.165, 1.54) is 6.92 Å². The summed E-state index contributed by atoms with van der Waals surface area (Å²) in [5, 5.41) is 10.6. The van der Waals surface area contributed by atoms with Gasteiger partial charge in [0.05, 0.1) is 5.60 Å². The summed E-state index contributed by atoms with van der Waals surface area (Å²) >= 11 is 0. The van der Waals surface area contributed by atoms with E-state index >= 15 is 0 Å². The molecule has 0 bridgehead atoms. The number of benzene rings is 2. The summed E-state index contributed by atoms with van der Waals surface area (Å²) in [6, 6.07) is 17.6. The first-order valence-corrected chi connectivity index (χ1v) is 6.37. The van der Waals surface area contributed by atoms with E-state index in [4.69, 9.17) is 0 Å². The van der Waals surface area contributed by atoms with Crippen LogP contribution in [0.15, 0.2) is 54.6 Å². The van der Waals surface area contributed by atoms with Crippen LogP contribution >= 0.6 is 0 Å². The molecule has 0 saturated carbocycles. The minimum atomic E-state index is -1.14. The maximum absolute atomic E-state index is 11.3. The monoisotopic (exact) mass is 254 g/mol. The van der Waals surface area contributed by atoms with Crippen molar-refractivity contribution in [3.05, 3.63) is 60.2 Å². The number of carbonyl (C=O) groups is 1. The van der Waals surface area contributed by atoms with Gasteiger partial charge >= 0.3 is 0 Å². The van der Waals surface area contributed by atoms with Crippen LogP contribution in [0.4, 0.5) is 0 Å². The van der Waals surface area contributed by atoms with Gasteiger partial charge in [-0.1, -0.05) is 54.6 Å². The molecule has 98 valence electrons. The van der Waals surface area contributed by atoms with Crippen LogP contribution in [0.1, 0.15) is 25.8 Å². The van der Waals surface area contributed by atoms with E-state index < -0.39 is 5.60 Å². The quantitative estimate of drug-likeness (QED) is 0.906. The molecule has 2 aromatic carbocycles. The maximum atomic E-state index is 11.3. The highest BCUT2D eigenvalue weighted by Crippen LogP contribution is 2.33. The average Bonchev–Trinajstić information content (AvgIpc) is 2.38. The first-order valence-electron chi connectivity index (χ1n) is 6.37. The molecule has 2 rings (SSSR count). The van der Waals surface area contributed by atoms with Crippen molar-refractivity contribution in [1.29, 1.82) is 0 Å². The van der Waals surface area contributed by atoms with Gasteiger partial charge < -0.3 is 5.11 Å². The minimum absolute atomic E-state index is 0.0205. The summed E-state index contributed by atoms with van der Waals surface area (Å²) in [4.78, 5) is 11.3. The van der Waals surface area contributed by atoms with E-state index in [9.17, 15) is 9.90 Å². The maximum Gasteiger partial charge on any atom is 0.133 e. The fourth-order valence-electron chi connectivity index (χ4n) is 2.40. The Kier molecular flexibility index (Phi) is 3.82. The number of Topliss-reactive ketones (excluding diaryl/α,β-unsaturated/α-hetero) is 1. The molecule has 0 amide bonds. The van der Waals surface area contributed by atoms with Crippen molar-refractivity contribution in [3.8, 4) is 11.1 Å². The molecule has 0 fully saturated rings. The summed E-state index contributed by atoms with van der Waals surface area (Å²) in [6.07, 6.45) is 0.122. The summed E-state index contributed by atoms with van der Waals surface area (Å²) in [7, 11) is 0. The highest BCUT2D eigenvalue weighted by molar-refractivity contribution is 5.78. The Morgan fingerprint density at radius 2 is 1.63 bits per heavy atom. The summed E-state index contributed by atoms with van der Waals surface area (Å²) in [5.41, 5.74) is 1.66. The zero-order chi connectivity index (χ0) is 13.9. The second-order valence-corrected chi connectivity index (χ2v) is 5.06. The van der Waals surface area contributed by atoms with Crippen LogP contribution in [0.25, 0.3) is 11.1 Å². The van der Waals surface area contributed by atoms with E-state index in [0.717, 1.165) is 16.7 Å². The van der Waals surface area contributed by atoms with Crippen LogP contribution in [0.2, 0.25) is 0 Å². The zero-order valence-electron chi connectivity index (χ0n) is 11.3. The van der Waals surface area contributed by atoms with Crippen LogP contribution in [0.3, 0.4) is 0 Å². The Morgan fingerprint density at radius 3 is 2.26 bits per heavy atom. The topological polar surface area (TPSA) is 37.3 Å². The number of ketones is 1. The highest BCUT2D eigenvalue weighted by Gasteiger charge is 2.27. The lowest BCUT2D eigenvalue weighted by Gasteiger charge is -2.25. The Balaban J connectivity index is 2.50. The Hall–Kier alpha value is -1.93. The van der Waals surface area contributed by atoms with Gasteiger partial charge in [-0.05, 0) is 30.5 Å². The lowest BCUT2D eigenvalue weighted by atomic mass is 9.85. The van der Waals surface area contributed by atoms with Gasteiger partial charge in [-0.15, -0.1) is 0 Å². The number of carbonyl (C=O) groups excluding carboxylic acids is 1. The molecular weight excluding hydrogens is 236 g/mol. The minimum Gasteiger partial charge on any atom is -0.385 e. The molecule has 1 unspecified atom stereocenters. The van der Waals surface area contributed by atoms with E-state index in [0.29, 0.717) is 0 Å². The van der Waals surface area contributed by atoms with Crippen molar-refractivity contribution in [2.24, 2.45) is 0 Å². The number of aliphatic hydroxyl groups is 1. The molecule has 2 heteroatoms. The summed E-state index contributed by atoms with van der Waals surface area (Å²) < 4.78 is 0. The van der Waals surface area contributed by atoms with Gasteiger partial charge in [0, 0.05) is 6.42 Å². The molecule has 0 aliphatic heterocycles. The number of rotatable bonds is 4. The SMILES string of the molecule is CC(=O)CC(C)(O)c1ccccc1-c1ccccc1. The van der Waals surface area contributed by atoms with Gasteiger partial charge in [0.1, 0.15) is 5.78 Å². The Labute approximate surface area is 113 Å². The van der Waals surface area contributed by atoms with Crippen LogP contribution in [-0.4, -0.2) is 10.9 Å². The predicted molar refractivity (Wildman–Crippen MR) is 76.7 cm³/mol. The first kappa shape index (κ1) is 13.5. The third kappa shape index (κ3) is 3.09. The molecule has 1 N–H and O–H groups in total. The van der Waals surface area contributed by atoms with Gasteiger partial charge in [0.25, 0.3) is 0 Å². The third-order valence-electron chi connectivity index (χ3n) is 3.19. The van der Waals surface area contributed by atoms with Crippen molar-refractivity contribution >= 4 is 5.78 Å². The second kappa shape index (κ2) is 5.37. The van der Waals surface area contributed by atoms with E-state index in [1.54, 1.807) is 6.92 Å². The molecule has 0 aliphatic rings. The molecule has 0 aliphatic carbocycles. The van der Waals surface area contributed by atoms with Gasteiger partial charge in [-0.3, -0.25) is 4.79 Å². The normalized spacial score (nSPS) is 13.8. The van der Waals surface area contributed by atoms with Crippen molar-refractivity contribution in [2.45, 2.75) is 25.9 Å². The second-order valence-electron chi connectivity index (χ2n) is 5.06. The van der Waals surface area contributed by atoms with E-state index in [2.05, 4.69) is 0 Å². The summed E-state index contributed by atoms with van der Waals surface area (Å²) in [6.45, 7) is 3.19. The molecule has 2 nitrogen and oxygen atoms in total. The molecule has 1 atom stereocenters. The van der Waals surface area contributed by atoms with Crippen molar-refractivity contribution in [2.75, 3.05) is 0 Å². The molecule has 0 heterocycles. The lowest BCUT2D eigenvalue weighted by Crippen LogP contribution is -2.25. The van der Waals surface area contributed by atoms with Gasteiger partial charge in [-0.25, -0.2) is 0 Å². The van der Waals surface area contributed by atoms with Crippen molar-refractivity contribution in [3.63, 3.8) is 0 Å². The summed E-state index contributed by atoms with van der Waals surface area (Å²) in [5.74, 6) is -0.0205. The molecule has 0 radical (unpaired) electrons. The third-order valence-corrected chi connectivity index (χ3v) is 3.19. The molecule has 0 spiro atoms. The van der Waals surface area contributed by atoms with Gasteiger partial charge in [0.2, 0.25) is 0 Å². The van der Waals surface area contributed by atoms with Crippen molar-refractivity contribution < 1.29 is 9.90 Å². The Bertz CT molecular complexity index is 571. The van der Waals surface area contributed by atoms with Crippen LogP contribution in [-0.2, 0) is 10.4 Å². The lowest BCUT2D eigenvalue weighted by molar-refractivity contribution is -0.121. The largest absolute Gasteiger partial charge is 0.385 e. The average molecular weight is 254 g/mol. The van der Waals surface area contributed by atoms with Crippen LogP contribution in [0.5, 0.6) is 0 Å². The van der Waals surface area contributed by atoms with E-state index in [-0.39, 0.29) is 12.2 Å². The van der Waals surface area contributed by atoms with Gasteiger partial charge in [-0.2, -0.15) is 0 Å². The first-order chi connectivity index (χ1) is 9.00. The van der Waals surface area contributed by atoms with E-state index in [1.807, 2.05) is 54.6 Å². The predicted octanol–water partition coefficient (Wildman–Crippen LogP) is 3.54. The standard InChI is InChI=1S/C17H18O2/c1-13(18)12-17(2,19)16-11-7-6-10-15(16)14-8-4-3-5-9-14/h3-11,19H,12H2,1-2H3. The molecule has 0 aromatic heterocycles. The van der Waals surface area contributed by atoms with Crippen LogP contribution < -0.4 is 0 Å². The Morgan fingerprint density at radius 1 is 1.05 bits per heavy atom. The molecule has 19 heavy (non-hydrogen) atoms. The zero-order valence-corrected chi connectivity index (χ0v) is 11.3. The molecular formula is C17H18O2. The molecule has 0 saturated heterocycles. The number of hydrogen-bond donors (Lipinski definition) is 1. The smallest absolute Gasteiger partial charge is 0.133 e.